The molecule has 3 heteroatoms. The second kappa shape index (κ2) is 17.6. The number of carboxylic acid groups (broad SMARTS) is 1. The molecule has 0 aliphatic rings. The van der Waals surface area contributed by atoms with Crippen LogP contribution < -0.4 is 0 Å². The Morgan fingerprint density at radius 3 is 1.65 bits per heavy atom. The second-order valence-corrected chi connectivity index (χ2v) is 4.09. The highest BCUT2D eigenvalue weighted by Gasteiger charge is 1.90. The van der Waals surface area contributed by atoms with Gasteiger partial charge in [0.25, 0.3) is 0 Å². The number of carboxylic acids is 1. The van der Waals surface area contributed by atoms with Gasteiger partial charge in [-0.3, -0.25) is 0 Å². The van der Waals surface area contributed by atoms with Crippen molar-refractivity contribution in [2.45, 2.75) is 64.7 Å². The van der Waals surface area contributed by atoms with Gasteiger partial charge >= 0.3 is 5.97 Å². The van der Waals surface area contributed by atoms with Crippen LogP contribution in [0.25, 0.3) is 0 Å². The summed E-state index contributed by atoms with van der Waals surface area (Å²) < 4.78 is 0. The molecule has 0 radical (unpaired) electrons. The zero-order chi connectivity index (χ0) is 13.4. The zero-order valence-corrected chi connectivity index (χ0v) is 11.2. The number of aliphatic hydroxyl groups excluding tert-OH is 1. The lowest BCUT2D eigenvalue weighted by Gasteiger charge is -1.99. The normalized spacial score (nSPS) is 9.29. The van der Waals surface area contributed by atoms with Crippen molar-refractivity contribution in [2.75, 3.05) is 6.61 Å². The fourth-order valence-electron chi connectivity index (χ4n) is 1.42. The van der Waals surface area contributed by atoms with Gasteiger partial charge in [0.2, 0.25) is 0 Å². The summed E-state index contributed by atoms with van der Waals surface area (Å²) in [7, 11) is 0. The molecule has 0 fully saturated rings. The molecule has 17 heavy (non-hydrogen) atoms. The van der Waals surface area contributed by atoms with Crippen molar-refractivity contribution in [1.82, 2.24) is 0 Å². The number of unbranched alkanes of at least 4 members (excludes halogenated alkanes) is 8. The molecular formula is C14H28O3. The third-order valence-corrected chi connectivity index (χ3v) is 2.44. The molecule has 0 rings (SSSR count). The van der Waals surface area contributed by atoms with Crippen LogP contribution in [0.1, 0.15) is 64.7 Å². The van der Waals surface area contributed by atoms with Crippen LogP contribution in [0.15, 0.2) is 12.7 Å². The van der Waals surface area contributed by atoms with Crippen molar-refractivity contribution in [3.63, 3.8) is 0 Å². The quantitative estimate of drug-likeness (QED) is 0.454. The van der Waals surface area contributed by atoms with Gasteiger partial charge in [0, 0.05) is 12.7 Å². The molecule has 0 bridgehead atoms. The molecule has 0 aliphatic heterocycles. The molecule has 0 heterocycles. The first-order valence-electron chi connectivity index (χ1n) is 6.65. The first-order chi connectivity index (χ1) is 8.18. The third-order valence-electron chi connectivity index (χ3n) is 2.44. The zero-order valence-electron chi connectivity index (χ0n) is 11.2. The maximum Gasteiger partial charge on any atom is 0.327 e. The predicted molar refractivity (Wildman–Crippen MR) is 72.1 cm³/mol. The van der Waals surface area contributed by atoms with Gasteiger partial charge in [0.1, 0.15) is 0 Å². The SMILES string of the molecule is C=CC(=O)O.CCCCCCCCCCCO. The fourth-order valence-corrected chi connectivity index (χ4v) is 1.42. The standard InChI is InChI=1S/C11H24O.C3H4O2/c1-2-3-4-5-6-7-8-9-10-11-12;1-2-3(4)5/h12H,2-11H2,1H3;2H,1H2,(H,4,5). The fraction of sp³-hybridized carbons (Fsp3) is 0.786. The Labute approximate surface area is 106 Å². The van der Waals surface area contributed by atoms with Gasteiger partial charge in [0.05, 0.1) is 0 Å². The minimum Gasteiger partial charge on any atom is -0.478 e. The van der Waals surface area contributed by atoms with E-state index in [0.29, 0.717) is 6.61 Å². The number of aliphatic hydroxyl groups is 1. The molecule has 0 saturated heterocycles. The Kier molecular flexibility index (Phi) is 19.1. The van der Waals surface area contributed by atoms with Crippen molar-refractivity contribution in [1.29, 1.82) is 0 Å². The molecule has 2 N–H and O–H groups in total. The van der Waals surface area contributed by atoms with E-state index in [-0.39, 0.29) is 0 Å². The number of carbonyl (C=O) groups is 1. The van der Waals surface area contributed by atoms with Gasteiger partial charge < -0.3 is 10.2 Å². The molecule has 0 aliphatic carbocycles. The maximum absolute atomic E-state index is 9.25. The van der Waals surface area contributed by atoms with Crippen LogP contribution in [0.5, 0.6) is 0 Å². The summed E-state index contributed by atoms with van der Waals surface area (Å²) >= 11 is 0. The van der Waals surface area contributed by atoms with Crippen LogP contribution in [0, 0.1) is 0 Å². The first kappa shape index (κ1) is 18.5. The summed E-state index contributed by atoms with van der Waals surface area (Å²) in [5.41, 5.74) is 0. The number of hydrogen-bond donors (Lipinski definition) is 2. The van der Waals surface area contributed by atoms with E-state index in [9.17, 15) is 4.79 Å². The average Bonchev–Trinajstić information content (AvgIpc) is 2.33. The summed E-state index contributed by atoms with van der Waals surface area (Å²) in [6, 6.07) is 0. The Bertz CT molecular complexity index is 157. The van der Waals surface area contributed by atoms with Crippen LogP contribution in [0.3, 0.4) is 0 Å². The minimum absolute atomic E-state index is 0.371. The number of aliphatic carboxylic acids is 1. The van der Waals surface area contributed by atoms with Crippen LogP contribution in [-0.2, 0) is 4.79 Å². The second-order valence-electron chi connectivity index (χ2n) is 4.09. The van der Waals surface area contributed by atoms with E-state index in [1.54, 1.807) is 0 Å². The van der Waals surface area contributed by atoms with Crippen molar-refractivity contribution in [3.05, 3.63) is 12.7 Å². The van der Waals surface area contributed by atoms with Gasteiger partial charge in [-0.15, -0.1) is 0 Å². The van der Waals surface area contributed by atoms with Crippen molar-refractivity contribution < 1.29 is 15.0 Å². The summed E-state index contributed by atoms with van der Waals surface area (Å²) in [5.74, 6) is -0.981. The van der Waals surface area contributed by atoms with E-state index < -0.39 is 5.97 Å². The third kappa shape index (κ3) is 25.4. The van der Waals surface area contributed by atoms with Gasteiger partial charge in [0.15, 0.2) is 0 Å². The van der Waals surface area contributed by atoms with E-state index in [1.807, 2.05) is 0 Å². The smallest absolute Gasteiger partial charge is 0.327 e. The summed E-state index contributed by atoms with van der Waals surface area (Å²) in [5, 5.41) is 16.1. The monoisotopic (exact) mass is 244 g/mol. The van der Waals surface area contributed by atoms with Crippen LogP contribution in [0.2, 0.25) is 0 Å². The molecule has 0 unspecified atom stereocenters. The van der Waals surface area contributed by atoms with E-state index in [0.717, 1.165) is 12.5 Å². The topological polar surface area (TPSA) is 57.5 Å². The highest BCUT2D eigenvalue weighted by molar-refractivity contribution is 5.78. The molecule has 0 aromatic rings. The molecule has 0 saturated carbocycles. The van der Waals surface area contributed by atoms with Crippen LogP contribution in [0.4, 0.5) is 0 Å². The molecule has 0 atom stereocenters. The molecular weight excluding hydrogens is 216 g/mol. The van der Waals surface area contributed by atoms with Gasteiger partial charge in [-0.25, -0.2) is 4.79 Å². The van der Waals surface area contributed by atoms with Crippen molar-refractivity contribution in [2.24, 2.45) is 0 Å². The molecule has 0 amide bonds. The van der Waals surface area contributed by atoms with Gasteiger partial charge in [-0.05, 0) is 6.42 Å². The largest absolute Gasteiger partial charge is 0.478 e. The summed E-state index contributed by atoms with van der Waals surface area (Å²) in [6.07, 6.45) is 12.7. The lowest BCUT2D eigenvalue weighted by Crippen LogP contribution is -1.84. The molecule has 0 aromatic carbocycles. The highest BCUT2D eigenvalue weighted by atomic mass is 16.4. The highest BCUT2D eigenvalue weighted by Crippen LogP contribution is 2.08. The Morgan fingerprint density at radius 1 is 1.00 bits per heavy atom. The lowest BCUT2D eigenvalue weighted by molar-refractivity contribution is -0.131. The maximum atomic E-state index is 9.25. The van der Waals surface area contributed by atoms with Gasteiger partial charge in [-0.1, -0.05) is 64.9 Å². The van der Waals surface area contributed by atoms with E-state index >= 15 is 0 Å². The molecule has 3 nitrogen and oxygen atoms in total. The van der Waals surface area contributed by atoms with Crippen molar-refractivity contribution in [3.8, 4) is 0 Å². The Morgan fingerprint density at radius 2 is 1.35 bits per heavy atom. The van der Waals surface area contributed by atoms with E-state index in [2.05, 4.69) is 13.5 Å². The van der Waals surface area contributed by atoms with E-state index in [1.165, 1.54) is 51.4 Å². The number of hydrogen-bond acceptors (Lipinski definition) is 2. The average molecular weight is 244 g/mol. The van der Waals surface area contributed by atoms with Gasteiger partial charge in [-0.2, -0.15) is 0 Å². The Balaban J connectivity index is 0. The predicted octanol–water partition coefficient (Wildman–Crippen LogP) is 3.77. The summed E-state index contributed by atoms with van der Waals surface area (Å²) in [6.45, 7) is 5.58. The van der Waals surface area contributed by atoms with Crippen molar-refractivity contribution >= 4 is 5.97 Å². The Hall–Kier alpha value is -0.830. The molecule has 102 valence electrons. The lowest BCUT2D eigenvalue weighted by atomic mass is 10.1. The van der Waals surface area contributed by atoms with Crippen LogP contribution >= 0.6 is 0 Å². The van der Waals surface area contributed by atoms with E-state index in [4.69, 9.17) is 10.2 Å². The van der Waals surface area contributed by atoms with Crippen LogP contribution in [-0.4, -0.2) is 22.8 Å². The minimum atomic E-state index is -0.981. The molecule has 0 aromatic heterocycles. The first-order valence-corrected chi connectivity index (χ1v) is 6.65. The molecule has 0 spiro atoms. The number of rotatable bonds is 10. The summed E-state index contributed by atoms with van der Waals surface area (Å²) in [4.78, 5) is 9.25.